The van der Waals surface area contributed by atoms with Crippen molar-refractivity contribution in [3.05, 3.63) is 5.53 Å². The van der Waals surface area contributed by atoms with E-state index in [0.717, 1.165) is 6.04 Å². The summed E-state index contributed by atoms with van der Waals surface area (Å²) in [5, 5.41) is 0. The van der Waals surface area contributed by atoms with E-state index < -0.39 is 8.07 Å². The molecule has 0 aromatic heterocycles. The lowest BCUT2D eigenvalue weighted by molar-refractivity contribution is 0.00289. The highest BCUT2D eigenvalue weighted by Gasteiger charge is 2.12. The van der Waals surface area contributed by atoms with Gasteiger partial charge in [-0.15, -0.1) is 0 Å². The van der Waals surface area contributed by atoms with Gasteiger partial charge in [-0.3, -0.25) is 0 Å². The molecule has 0 heterocycles. The summed E-state index contributed by atoms with van der Waals surface area (Å²) in [6, 6.07) is 0.962. The second-order valence-corrected chi connectivity index (χ2v) is 8.59. The third-order valence-corrected chi connectivity index (χ3v) is 2.19. The van der Waals surface area contributed by atoms with Crippen LogP contribution in [0.2, 0.25) is 25.7 Å². The fraction of sp³-hybridized carbons (Fsp3) is 0.800. The maximum absolute atomic E-state index is 8.02. The summed E-state index contributed by atoms with van der Waals surface area (Å²) < 4.78 is 0. The molecule has 0 saturated heterocycles. The molecule has 0 aliphatic carbocycles. The Kier molecular flexibility index (Phi) is 2.66. The highest BCUT2D eigenvalue weighted by molar-refractivity contribution is 6.78. The van der Waals surface area contributed by atoms with E-state index in [9.17, 15) is 0 Å². The summed E-state index contributed by atoms with van der Waals surface area (Å²) in [5.74, 6) is 0. The van der Waals surface area contributed by atoms with Crippen LogP contribution in [0.15, 0.2) is 0 Å². The van der Waals surface area contributed by atoms with Crippen molar-refractivity contribution >= 4 is 14.3 Å². The van der Waals surface area contributed by atoms with Crippen molar-refractivity contribution in [2.45, 2.75) is 25.7 Å². The van der Waals surface area contributed by atoms with E-state index in [4.69, 9.17) is 5.53 Å². The quantitative estimate of drug-likeness (QED) is 0.234. The van der Waals surface area contributed by atoms with Gasteiger partial charge in [0.05, 0.1) is 8.07 Å². The fourth-order valence-corrected chi connectivity index (χ4v) is 0.944. The van der Waals surface area contributed by atoms with E-state index in [2.05, 4.69) is 24.4 Å². The van der Waals surface area contributed by atoms with Gasteiger partial charge in [0.1, 0.15) is 0 Å². The Morgan fingerprint density at radius 2 is 2.00 bits per heavy atom. The first-order valence-electron chi connectivity index (χ1n) is 2.72. The van der Waals surface area contributed by atoms with Gasteiger partial charge in [0.2, 0.25) is 0 Å². The van der Waals surface area contributed by atoms with Gasteiger partial charge in [-0.25, -0.2) is 0 Å². The molecule has 0 rings (SSSR count). The fourth-order valence-electron chi connectivity index (χ4n) is 0.315. The second kappa shape index (κ2) is 2.80. The van der Waals surface area contributed by atoms with E-state index in [-0.39, 0.29) is 0 Å². The van der Waals surface area contributed by atoms with Crippen molar-refractivity contribution in [1.29, 1.82) is 0 Å². The lowest BCUT2D eigenvalue weighted by atomic mass is 10.9. The molecule has 46 valence electrons. The Bertz CT molecular complexity index is 108. The maximum atomic E-state index is 8.02. The number of nitrogens with zero attached hydrogens (tertiary/aromatic N) is 2. The zero-order valence-corrected chi connectivity index (χ0v) is 6.68. The number of hydrogen-bond donors (Lipinski definition) is 0. The Hall–Kier alpha value is -0.403. The molecule has 0 aromatic rings. The molecule has 8 heavy (non-hydrogen) atoms. The van der Waals surface area contributed by atoms with Crippen LogP contribution in [-0.2, 0) is 0 Å². The van der Waals surface area contributed by atoms with Crippen molar-refractivity contribution in [3.8, 4) is 0 Å². The third-order valence-electron chi connectivity index (χ3n) is 0.785. The van der Waals surface area contributed by atoms with Crippen molar-refractivity contribution in [3.63, 3.8) is 0 Å². The van der Waals surface area contributed by atoms with Gasteiger partial charge in [0, 0.05) is 6.04 Å². The van der Waals surface area contributed by atoms with Crippen LogP contribution in [-0.4, -0.2) is 19.1 Å². The predicted molar refractivity (Wildman–Crippen MR) is 37.8 cm³/mol. The molecular formula is C5H12N2Si. The topological polar surface area (TPSA) is 36.4 Å². The molecule has 2 nitrogen and oxygen atoms in total. The van der Waals surface area contributed by atoms with Gasteiger partial charge in [-0.05, 0) is 0 Å². The molecule has 0 spiro atoms. The SMILES string of the molecule is C[Si](C)(C)CC=[N+]=[N-]. The molecule has 0 radical (unpaired) electrons. The molecule has 0 amide bonds. The molecule has 0 atom stereocenters. The number of rotatable bonds is 2. The van der Waals surface area contributed by atoms with Crippen LogP contribution in [0.5, 0.6) is 0 Å². The second-order valence-electron chi connectivity index (χ2n) is 3.06. The van der Waals surface area contributed by atoms with Crippen molar-refractivity contribution in [2.24, 2.45) is 0 Å². The summed E-state index contributed by atoms with van der Waals surface area (Å²) in [7, 11) is -0.987. The maximum Gasteiger partial charge on any atom is 0.254 e. The highest BCUT2D eigenvalue weighted by atomic mass is 28.3. The van der Waals surface area contributed by atoms with Crippen LogP contribution in [0.1, 0.15) is 0 Å². The third kappa shape index (κ3) is 5.60. The van der Waals surface area contributed by atoms with Gasteiger partial charge < -0.3 is 5.53 Å². The standard InChI is InChI=1S/C5H12N2Si/c1-8(2,3)5-4-7-6/h4H,5H2,1-3H3. The number of hydrogen-bond acceptors (Lipinski definition) is 0. The van der Waals surface area contributed by atoms with E-state index >= 15 is 0 Å². The first-order chi connectivity index (χ1) is 3.56. The van der Waals surface area contributed by atoms with E-state index in [1.807, 2.05) is 0 Å². The first kappa shape index (κ1) is 7.60. The van der Waals surface area contributed by atoms with Crippen molar-refractivity contribution < 1.29 is 4.79 Å². The minimum atomic E-state index is -0.987. The predicted octanol–water partition coefficient (Wildman–Crippen LogP) is 1.63. The van der Waals surface area contributed by atoms with Gasteiger partial charge in [0.25, 0.3) is 6.21 Å². The molecule has 3 heteroatoms. The first-order valence-corrected chi connectivity index (χ1v) is 6.43. The lowest BCUT2D eigenvalue weighted by Crippen LogP contribution is -2.19. The van der Waals surface area contributed by atoms with Crippen LogP contribution < -0.4 is 0 Å². The Morgan fingerprint density at radius 3 is 2.12 bits per heavy atom. The van der Waals surface area contributed by atoms with Gasteiger partial charge in [0.15, 0.2) is 0 Å². The van der Waals surface area contributed by atoms with Crippen LogP contribution in [0.25, 0.3) is 5.53 Å². The van der Waals surface area contributed by atoms with Crippen molar-refractivity contribution in [2.75, 3.05) is 0 Å². The zero-order valence-electron chi connectivity index (χ0n) is 5.68. The molecule has 0 unspecified atom stereocenters. The van der Waals surface area contributed by atoms with E-state index in [1.165, 1.54) is 0 Å². The normalized spacial score (nSPS) is 10.4. The summed E-state index contributed by atoms with van der Waals surface area (Å²) in [4.78, 5) is 2.93. The summed E-state index contributed by atoms with van der Waals surface area (Å²) in [6.07, 6.45) is 1.58. The van der Waals surface area contributed by atoms with E-state index in [0.29, 0.717) is 0 Å². The molecule has 0 saturated carbocycles. The molecule has 0 bridgehead atoms. The monoisotopic (exact) mass is 128 g/mol. The summed E-state index contributed by atoms with van der Waals surface area (Å²) >= 11 is 0. The molecule has 0 N–H and O–H groups in total. The highest BCUT2D eigenvalue weighted by Crippen LogP contribution is 2.03. The summed E-state index contributed by atoms with van der Waals surface area (Å²) in [5.41, 5.74) is 8.02. The van der Waals surface area contributed by atoms with Gasteiger partial charge >= 0.3 is 0 Å². The molecule has 0 fully saturated rings. The van der Waals surface area contributed by atoms with Crippen LogP contribution in [0.3, 0.4) is 0 Å². The average Bonchev–Trinajstić information content (AvgIpc) is 1.59. The van der Waals surface area contributed by atoms with Crippen LogP contribution in [0.4, 0.5) is 0 Å². The Morgan fingerprint density at radius 1 is 1.50 bits per heavy atom. The summed E-state index contributed by atoms with van der Waals surface area (Å²) in [6.45, 7) is 6.69. The zero-order chi connectivity index (χ0) is 6.62. The minimum Gasteiger partial charge on any atom is -0.362 e. The molecule has 0 aliphatic rings. The van der Waals surface area contributed by atoms with Crippen molar-refractivity contribution in [1.82, 2.24) is 0 Å². The van der Waals surface area contributed by atoms with Crippen LogP contribution in [0, 0.1) is 0 Å². The van der Waals surface area contributed by atoms with E-state index in [1.54, 1.807) is 6.21 Å². The largest absolute Gasteiger partial charge is 0.362 e. The molecular weight excluding hydrogens is 116 g/mol. The smallest absolute Gasteiger partial charge is 0.254 e. The Balaban J connectivity index is 3.55. The molecule has 0 aromatic carbocycles. The van der Waals surface area contributed by atoms with Crippen LogP contribution >= 0.6 is 0 Å². The average molecular weight is 128 g/mol. The molecule has 0 aliphatic heterocycles. The Labute approximate surface area is 51.2 Å². The van der Waals surface area contributed by atoms with Gasteiger partial charge in [-0.2, -0.15) is 4.79 Å². The van der Waals surface area contributed by atoms with Gasteiger partial charge in [-0.1, -0.05) is 19.6 Å². The lowest BCUT2D eigenvalue weighted by Gasteiger charge is -2.07. The minimum absolute atomic E-state index is 0.962.